The number of urea groups is 1. The number of hydrogen-bond acceptors (Lipinski definition) is 7. The van der Waals surface area contributed by atoms with Crippen LogP contribution in [0.25, 0.3) is 32.4 Å². The van der Waals surface area contributed by atoms with Crippen LogP contribution in [0.2, 0.25) is 0 Å². The van der Waals surface area contributed by atoms with Crippen LogP contribution in [0.1, 0.15) is 26.3 Å². The maximum Gasteiger partial charge on any atom is 0.320 e. The number of aromatic nitrogens is 4. The summed E-state index contributed by atoms with van der Waals surface area (Å²) in [4.78, 5) is 24.8. The Balaban J connectivity index is 0.00000231. The van der Waals surface area contributed by atoms with Crippen molar-refractivity contribution in [1.29, 1.82) is 0 Å². The third kappa shape index (κ3) is 3.79. The topological polar surface area (TPSA) is 120 Å². The predicted molar refractivity (Wildman–Crippen MR) is 124 cm³/mol. The van der Waals surface area contributed by atoms with Crippen LogP contribution in [0.15, 0.2) is 30.7 Å². The first-order valence-electron chi connectivity index (χ1n) is 9.72. The van der Waals surface area contributed by atoms with Crippen molar-refractivity contribution in [2.45, 2.75) is 26.3 Å². The van der Waals surface area contributed by atoms with Crippen LogP contribution < -0.4 is 16.4 Å². The zero-order valence-corrected chi connectivity index (χ0v) is 17.2. The zero-order chi connectivity index (χ0) is 20.7. The number of ether oxygens (including phenoxy) is 1. The van der Waals surface area contributed by atoms with Crippen molar-refractivity contribution in [3.05, 3.63) is 30.7 Å². The summed E-state index contributed by atoms with van der Waals surface area (Å²) in [5.41, 5.74) is 9.94. The van der Waals surface area contributed by atoms with E-state index < -0.39 is 0 Å². The van der Waals surface area contributed by atoms with Gasteiger partial charge in [-0.3, -0.25) is 5.32 Å². The van der Waals surface area contributed by atoms with Crippen molar-refractivity contribution < 1.29 is 9.53 Å². The molecule has 10 heteroatoms. The molecule has 1 aliphatic rings. The number of nitrogen functional groups attached to an aromatic ring is 1. The number of anilines is 2. The van der Waals surface area contributed by atoms with Gasteiger partial charge in [-0.15, -0.1) is 0 Å². The molecule has 0 atom stereocenters. The van der Waals surface area contributed by atoms with Gasteiger partial charge in [0.1, 0.15) is 17.8 Å². The average Bonchev–Trinajstić information content (AvgIpc) is 3.35. The number of thiazole rings is 1. The van der Waals surface area contributed by atoms with Crippen molar-refractivity contribution in [3.63, 3.8) is 0 Å². The van der Waals surface area contributed by atoms with Crippen LogP contribution in [-0.4, -0.2) is 45.8 Å². The quantitative estimate of drug-likeness (QED) is 0.443. The molecule has 0 spiro atoms. The predicted octanol–water partition coefficient (Wildman–Crippen LogP) is 4.03. The molecule has 0 aliphatic carbocycles. The van der Waals surface area contributed by atoms with E-state index in [0.717, 1.165) is 58.4 Å². The van der Waals surface area contributed by atoms with E-state index in [2.05, 4.69) is 42.4 Å². The molecule has 162 valence electrons. The fourth-order valence-corrected chi connectivity index (χ4v) is 4.77. The lowest BCUT2D eigenvalue weighted by atomic mass is 10.1. The second kappa shape index (κ2) is 8.48. The summed E-state index contributed by atoms with van der Waals surface area (Å²) in [6.45, 7) is 1.49. The van der Waals surface area contributed by atoms with Gasteiger partial charge >= 0.3 is 6.03 Å². The van der Waals surface area contributed by atoms with Crippen molar-refractivity contribution in [2.75, 3.05) is 31.3 Å². The van der Waals surface area contributed by atoms with Crippen molar-refractivity contribution in [1.82, 2.24) is 24.8 Å². The molecule has 4 N–H and O–H groups in total. The van der Waals surface area contributed by atoms with Gasteiger partial charge in [-0.2, -0.15) is 0 Å². The molecule has 0 radical (unpaired) electrons. The Morgan fingerprint density at radius 1 is 1.29 bits per heavy atom. The Labute approximate surface area is 183 Å². The van der Waals surface area contributed by atoms with E-state index in [9.17, 15) is 4.79 Å². The maximum absolute atomic E-state index is 11.6. The molecule has 2 amide bonds. The number of nitrogens with one attached hydrogen (secondary N) is 2. The fourth-order valence-electron chi connectivity index (χ4n) is 3.87. The Kier molecular flexibility index (Phi) is 5.75. The van der Waals surface area contributed by atoms with E-state index in [1.165, 1.54) is 17.7 Å². The highest BCUT2D eigenvalue weighted by molar-refractivity contribution is 7.22. The summed E-state index contributed by atoms with van der Waals surface area (Å²) in [5, 5.41) is 6.67. The monoisotopic (exact) mass is 439 g/mol. The number of benzene rings is 1. The number of amides is 2. The van der Waals surface area contributed by atoms with Crippen LogP contribution in [0, 0.1) is 0 Å². The highest BCUT2D eigenvalue weighted by atomic mass is 32.1. The van der Waals surface area contributed by atoms with Gasteiger partial charge in [0, 0.05) is 38.1 Å². The minimum atomic E-state index is -0.293. The van der Waals surface area contributed by atoms with E-state index in [1.54, 1.807) is 7.05 Å². The first-order chi connectivity index (χ1) is 14.6. The van der Waals surface area contributed by atoms with Crippen LogP contribution in [0.4, 0.5) is 15.7 Å². The van der Waals surface area contributed by atoms with Gasteiger partial charge < -0.3 is 20.4 Å². The maximum atomic E-state index is 11.6. The second-order valence-electron chi connectivity index (χ2n) is 7.16. The zero-order valence-electron chi connectivity index (χ0n) is 16.4. The average molecular weight is 440 g/mol. The number of carbonyl (C=O) groups excluding carboxylic acids is 1. The van der Waals surface area contributed by atoms with E-state index in [-0.39, 0.29) is 13.5 Å². The molecule has 1 saturated heterocycles. The first kappa shape index (κ1) is 21.0. The summed E-state index contributed by atoms with van der Waals surface area (Å²) in [5.74, 6) is 0.465. The van der Waals surface area contributed by atoms with Crippen molar-refractivity contribution in [3.8, 4) is 11.1 Å². The Morgan fingerprint density at radius 2 is 2.10 bits per heavy atom. The Bertz CT molecular complexity index is 1240. The second-order valence-corrected chi connectivity index (χ2v) is 8.19. The lowest BCUT2D eigenvalue weighted by molar-refractivity contribution is 0.0706. The minimum Gasteiger partial charge on any atom is -0.383 e. The third-order valence-corrected chi connectivity index (χ3v) is 6.30. The molecule has 9 nitrogen and oxygen atoms in total. The molecule has 0 unspecified atom stereocenters. The molecule has 31 heavy (non-hydrogen) atoms. The highest BCUT2D eigenvalue weighted by Gasteiger charge is 2.22. The van der Waals surface area contributed by atoms with Gasteiger partial charge in [-0.25, -0.2) is 19.7 Å². The SMILES string of the molecule is C.CNC(=O)Nc1nc2ccc(-c3cn(C4CCOCC4)c4ncnc(N)c34)cc2s1. The summed E-state index contributed by atoms with van der Waals surface area (Å²) in [7, 11) is 1.57. The first-order valence-corrected chi connectivity index (χ1v) is 10.5. The van der Waals surface area contributed by atoms with Crippen LogP contribution in [0.5, 0.6) is 0 Å². The molecule has 1 aliphatic heterocycles. The number of rotatable bonds is 3. The Morgan fingerprint density at radius 3 is 2.87 bits per heavy atom. The number of carbonyl (C=O) groups is 1. The number of nitrogens with two attached hydrogens (primary N) is 1. The highest BCUT2D eigenvalue weighted by Crippen LogP contribution is 2.38. The molecular formula is C21H25N7O2S. The summed E-state index contributed by atoms with van der Waals surface area (Å²) < 4.78 is 8.71. The third-order valence-electron chi connectivity index (χ3n) is 5.37. The van der Waals surface area contributed by atoms with Crippen LogP contribution in [0.3, 0.4) is 0 Å². The van der Waals surface area contributed by atoms with E-state index in [0.29, 0.717) is 17.0 Å². The standard InChI is InChI=1S/C20H21N7O2S.CH4/c1-22-19(28)26-20-25-14-3-2-11(8-15(14)30-20)13-9-27(12-4-6-29-7-5-12)18-16(13)17(21)23-10-24-18;/h2-3,8-10,12H,4-7H2,1H3,(H2,21,23,24)(H2,22,25,26,28);1H4. The molecular weight excluding hydrogens is 414 g/mol. The molecule has 1 aromatic carbocycles. The molecule has 0 saturated carbocycles. The van der Waals surface area contributed by atoms with Gasteiger partial charge in [0.25, 0.3) is 0 Å². The largest absolute Gasteiger partial charge is 0.383 e. The molecule has 4 aromatic rings. The lowest BCUT2D eigenvalue weighted by Gasteiger charge is -2.24. The smallest absolute Gasteiger partial charge is 0.320 e. The number of hydrogen-bond donors (Lipinski definition) is 3. The molecule has 1 fully saturated rings. The van der Waals surface area contributed by atoms with Crippen LogP contribution in [-0.2, 0) is 4.74 Å². The van der Waals surface area contributed by atoms with E-state index in [1.807, 2.05) is 12.1 Å². The number of nitrogens with zero attached hydrogens (tertiary/aromatic N) is 4. The minimum absolute atomic E-state index is 0. The fraction of sp³-hybridized carbons (Fsp3) is 0.333. The van der Waals surface area contributed by atoms with Crippen molar-refractivity contribution in [2.24, 2.45) is 0 Å². The van der Waals surface area contributed by atoms with Gasteiger partial charge in [0.2, 0.25) is 0 Å². The van der Waals surface area contributed by atoms with Gasteiger partial charge in [0.05, 0.1) is 15.6 Å². The molecule has 4 heterocycles. The van der Waals surface area contributed by atoms with E-state index in [4.69, 9.17) is 10.5 Å². The number of fused-ring (bicyclic) bond motifs is 2. The summed E-state index contributed by atoms with van der Waals surface area (Å²) >= 11 is 1.43. The van der Waals surface area contributed by atoms with Crippen LogP contribution >= 0.6 is 11.3 Å². The normalized spacial score (nSPS) is 14.5. The molecule has 3 aromatic heterocycles. The summed E-state index contributed by atoms with van der Waals surface area (Å²) in [6.07, 6.45) is 5.52. The van der Waals surface area contributed by atoms with Gasteiger partial charge in [-0.1, -0.05) is 24.8 Å². The molecule has 5 rings (SSSR count). The Hall–Kier alpha value is -3.24. The lowest BCUT2D eigenvalue weighted by Crippen LogP contribution is -2.24. The van der Waals surface area contributed by atoms with E-state index >= 15 is 0 Å². The molecule has 0 bridgehead atoms. The van der Waals surface area contributed by atoms with Gasteiger partial charge in [0.15, 0.2) is 5.13 Å². The van der Waals surface area contributed by atoms with Crippen molar-refractivity contribution >= 4 is 49.6 Å². The summed E-state index contributed by atoms with van der Waals surface area (Å²) in [6, 6.07) is 6.06. The van der Waals surface area contributed by atoms with Gasteiger partial charge in [-0.05, 0) is 30.5 Å².